The first-order valence-electron chi connectivity index (χ1n) is 5.47. The average molecular weight is 245 g/mol. The van der Waals surface area contributed by atoms with Crippen molar-refractivity contribution in [3.05, 3.63) is 0 Å². The lowest BCUT2D eigenvalue weighted by molar-refractivity contribution is -0.123. The van der Waals surface area contributed by atoms with Gasteiger partial charge in [-0.1, -0.05) is 5.16 Å². The number of nitrogens with one attached hydrogen (secondary N) is 1. The number of carbonyl (C=O) groups is 1. The van der Waals surface area contributed by atoms with Crippen LogP contribution in [0.5, 0.6) is 0 Å². The molecule has 1 fully saturated rings. The third-order valence-electron chi connectivity index (χ3n) is 2.72. The van der Waals surface area contributed by atoms with Crippen LogP contribution in [0.4, 0.5) is 0 Å². The third kappa shape index (κ3) is 3.59. The summed E-state index contributed by atoms with van der Waals surface area (Å²) in [5, 5.41) is 14.1. The van der Waals surface area contributed by atoms with Gasteiger partial charge < -0.3 is 16.3 Å². The predicted octanol–water partition coefficient (Wildman–Crippen LogP) is 0.915. The molecule has 1 atom stereocenters. The number of thioether (sulfide) groups is 1. The zero-order chi connectivity index (χ0) is 12.0. The summed E-state index contributed by atoms with van der Waals surface area (Å²) in [5.74, 6) is 1.37. The molecule has 1 saturated heterocycles. The van der Waals surface area contributed by atoms with Gasteiger partial charge in [0.2, 0.25) is 5.91 Å². The summed E-state index contributed by atoms with van der Waals surface area (Å²) in [6.07, 6.45) is 3.26. The molecular formula is C10H19N3O2S. The number of carbonyl (C=O) groups excluding carboxylic acids is 1. The maximum absolute atomic E-state index is 11.8. The van der Waals surface area contributed by atoms with Crippen LogP contribution in [0.1, 0.15) is 32.6 Å². The largest absolute Gasteiger partial charge is 0.409 e. The van der Waals surface area contributed by atoms with E-state index in [1.165, 1.54) is 0 Å². The molecule has 4 N–H and O–H groups in total. The molecule has 5 nitrogen and oxygen atoms in total. The Bertz CT molecular complexity index is 275. The second kappa shape index (κ2) is 5.98. The van der Waals surface area contributed by atoms with Crippen molar-refractivity contribution in [3.8, 4) is 0 Å². The van der Waals surface area contributed by atoms with E-state index in [1.54, 1.807) is 11.8 Å². The summed E-state index contributed by atoms with van der Waals surface area (Å²) >= 11 is 1.72. The van der Waals surface area contributed by atoms with Crippen molar-refractivity contribution in [2.45, 2.75) is 37.4 Å². The fraction of sp³-hybridized carbons (Fsp3) is 0.800. The summed E-state index contributed by atoms with van der Waals surface area (Å²) < 4.78 is -0.253. The lowest BCUT2D eigenvalue weighted by Gasteiger charge is -2.21. The fourth-order valence-corrected chi connectivity index (χ4v) is 2.90. The molecule has 0 bridgehead atoms. The van der Waals surface area contributed by atoms with Gasteiger partial charge in [-0.15, -0.1) is 11.8 Å². The van der Waals surface area contributed by atoms with Gasteiger partial charge in [0.1, 0.15) is 5.84 Å². The van der Waals surface area contributed by atoms with E-state index in [9.17, 15) is 4.79 Å². The number of nitrogens with zero attached hydrogens (tertiary/aromatic N) is 1. The Morgan fingerprint density at radius 3 is 3.00 bits per heavy atom. The Balaban J connectivity index is 2.20. The minimum absolute atomic E-state index is 0.106. The zero-order valence-electron chi connectivity index (χ0n) is 9.53. The van der Waals surface area contributed by atoms with Gasteiger partial charge in [-0.3, -0.25) is 4.79 Å². The molecule has 1 rings (SSSR count). The first kappa shape index (κ1) is 13.2. The lowest BCUT2D eigenvalue weighted by atomic mass is 10.0. The second-order valence-electron chi connectivity index (χ2n) is 4.13. The van der Waals surface area contributed by atoms with Crippen molar-refractivity contribution in [1.82, 2.24) is 5.32 Å². The summed E-state index contributed by atoms with van der Waals surface area (Å²) in [6, 6.07) is 0. The van der Waals surface area contributed by atoms with Crippen LogP contribution in [0.15, 0.2) is 5.16 Å². The minimum Gasteiger partial charge on any atom is -0.409 e. The van der Waals surface area contributed by atoms with E-state index < -0.39 is 0 Å². The van der Waals surface area contributed by atoms with Crippen LogP contribution in [0.3, 0.4) is 0 Å². The van der Waals surface area contributed by atoms with Crippen molar-refractivity contribution < 1.29 is 10.0 Å². The van der Waals surface area contributed by atoms with E-state index in [1.807, 2.05) is 6.92 Å². The monoisotopic (exact) mass is 245 g/mol. The molecule has 0 spiro atoms. The SMILES string of the molecule is CC1(C(=O)NCCCC(N)=NO)CCCS1. The number of nitrogens with two attached hydrogens (primary N) is 1. The van der Waals surface area contributed by atoms with Crippen molar-refractivity contribution in [2.24, 2.45) is 10.9 Å². The highest BCUT2D eigenvalue weighted by Crippen LogP contribution is 2.37. The van der Waals surface area contributed by atoms with E-state index in [0.717, 1.165) is 18.6 Å². The number of amidine groups is 1. The number of amides is 1. The molecule has 0 aromatic rings. The molecule has 0 aliphatic carbocycles. The Morgan fingerprint density at radius 2 is 2.44 bits per heavy atom. The van der Waals surface area contributed by atoms with Gasteiger partial charge in [-0.05, 0) is 31.9 Å². The zero-order valence-corrected chi connectivity index (χ0v) is 10.3. The summed E-state index contributed by atoms with van der Waals surface area (Å²) in [4.78, 5) is 11.8. The number of rotatable bonds is 5. The first-order valence-corrected chi connectivity index (χ1v) is 6.46. The highest BCUT2D eigenvalue weighted by molar-refractivity contribution is 8.01. The Morgan fingerprint density at radius 1 is 1.69 bits per heavy atom. The summed E-state index contributed by atoms with van der Waals surface area (Å²) in [6.45, 7) is 2.56. The molecule has 1 aliphatic heterocycles. The molecular weight excluding hydrogens is 226 g/mol. The molecule has 1 unspecified atom stereocenters. The van der Waals surface area contributed by atoms with E-state index in [2.05, 4.69) is 10.5 Å². The number of hydrogen-bond donors (Lipinski definition) is 3. The first-order chi connectivity index (χ1) is 7.58. The van der Waals surface area contributed by atoms with Crippen molar-refractivity contribution in [2.75, 3.05) is 12.3 Å². The molecule has 0 aromatic carbocycles. The maximum Gasteiger partial charge on any atom is 0.235 e. The third-order valence-corrected chi connectivity index (χ3v) is 4.24. The fourth-order valence-electron chi connectivity index (χ4n) is 1.67. The molecule has 0 saturated carbocycles. The quantitative estimate of drug-likeness (QED) is 0.221. The summed E-state index contributed by atoms with van der Waals surface area (Å²) in [5.41, 5.74) is 5.32. The van der Waals surface area contributed by atoms with Crippen LogP contribution in [0.25, 0.3) is 0 Å². The Kier molecular flexibility index (Phi) is 4.92. The number of oxime groups is 1. The molecule has 6 heteroatoms. The van der Waals surface area contributed by atoms with Gasteiger partial charge in [0, 0.05) is 13.0 Å². The normalized spacial score (nSPS) is 25.7. The molecule has 1 amide bonds. The molecule has 1 aliphatic rings. The van der Waals surface area contributed by atoms with Crippen LogP contribution < -0.4 is 11.1 Å². The number of hydrogen-bond acceptors (Lipinski definition) is 4. The van der Waals surface area contributed by atoms with Gasteiger partial charge in [0.25, 0.3) is 0 Å². The molecule has 0 radical (unpaired) electrons. The van der Waals surface area contributed by atoms with Gasteiger partial charge in [-0.2, -0.15) is 0 Å². The van der Waals surface area contributed by atoms with Crippen LogP contribution in [0, 0.1) is 0 Å². The smallest absolute Gasteiger partial charge is 0.235 e. The van der Waals surface area contributed by atoms with Crippen LogP contribution in [-0.2, 0) is 4.79 Å². The molecule has 0 aromatic heterocycles. The van der Waals surface area contributed by atoms with Crippen LogP contribution >= 0.6 is 11.8 Å². The molecule has 92 valence electrons. The average Bonchev–Trinajstić information content (AvgIpc) is 2.72. The molecule has 1 heterocycles. The van der Waals surface area contributed by atoms with E-state index >= 15 is 0 Å². The van der Waals surface area contributed by atoms with Crippen LogP contribution in [-0.4, -0.2) is 34.0 Å². The van der Waals surface area contributed by atoms with Crippen molar-refractivity contribution in [1.29, 1.82) is 0 Å². The maximum atomic E-state index is 11.8. The highest BCUT2D eigenvalue weighted by Gasteiger charge is 2.36. The molecule has 16 heavy (non-hydrogen) atoms. The van der Waals surface area contributed by atoms with Gasteiger partial charge in [-0.25, -0.2) is 0 Å². The van der Waals surface area contributed by atoms with Gasteiger partial charge in [0.15, 0.2) is 0 Å². The van der Waals surface area contributed by atoms with Gasteiger partial charge >= 0.3 is 0 Å². The van der Waals surface area contributed by atoms with E-state index in [4.69, 9.17) is 10.9 Å². The second-order valence-corrected chi connectivity index (χ2v) is 5.73. The van der Waals surface area contributed by atoms with E-state index in [0.29, 0.717) is 19.4 Å². The minimum atomic E-state index is -0.253. The van der Waals surface area contributed by atoms with Crippen LogP contribution in [0.2, 0.25) is 0 Å². The standard InChI is InChI=1S/C10H19N3O2S/c1-10(5-3-7-16-10)9(14)12-6-2-4-8(11)13-15/h15H,2-7H2,1H3,(H2,11,13)(H,12,14). The van der Waals surface area contributed by atoms with Crippen molar-refractivity contribution in [3.63, 3.8) is 0 Å². The Labute approximate surface area is 99.8 Å². The van der Waals surface area contributed by atoms with Gasteiger partial charge in [0.05, 0.1) is 4.75 Å². The Hall–Kier alpha value is -0.910. The lowest BCUT2D eigenvalue weighted by Crippen LogP contribution is -2.40. The summed E-state index contributed by atoms with van der Waals surface area (Å²) in [7, 11) is 0. The topological polar surface area (TPSA) is 87.7 Å². The predicted molar refractivity (Wildman–Crippen MR) is 65.7 cm³/mol. The van der Waals surface area contributed by atoms with Crippen molar-refractivity contribution >= 4 is 23.5 Å². The highest BCUT2D eigenvalue weighted by atomic mass is 32.2. The van der Waals surface area contributed by atoms with E-state index in [-0.39, 0.29) is 16.5 Å².